The summed E-state index contributed by atoms with van der Waals surface area (Å²) in [7, 11) is -1.63. The highest BCUT2D eigenvalue weighted by Crippen LogP contribution is 2.08. The molecule has 15 heavy (non-hydrogen) atoms. The van der Waals surface area contributed by atoms with E-state index in [9.17, 15) is 8.42 Å². The number of nitrogens with one attached hydrogen (secondary N) is 1. The summed E-state index contributed by atoms with van der Waals surface area (Å²) in [6, 6.07) is 0.228. The Morgan fingerprint density at radius 3 is 2.80 bits per heavy atom. The normalized spacial score (nSPS) is 26.5. The molecule has 1 rings (SSSR count). The second-order valence-corrected chi connectivity index (χ2v) is 6.05. The third kappa shape index (κ3) is 3.71. The van der Waals surface area contributed by atoms with Gasteiger partial charge in [0, 0.05) is 32.8 Å². The van der Waals surface area contributed by atoms with E-state index in [0.29, 0.717) is 13.1 Å². The van der Waals surface area contributed by atoms with Crippen LogP contribution in [0.2, 0.25) is 0 Å². The molecule has 6 heteroatoms. The summed E-state index contributed by atoms with van der Waals surface area (Å²) in [5.41, 5.74) is 0. The summed E-state index contributed by atoms with van der Waals surface area (Å²) in [4.78, 5) is 0. The van der Waals surface area contributed by atoms with E-state index in [2.05, 4.69) is 5.32 Å². The van der Waals surface area contributed by atoms with Gasteiger partial charge in [0.2, 0.25) is 10.0 Å². The molecule has 1 aliphatic heterocycles. The Labute approximate surface area is 91.8 Å². The second kappa shape index (κ2) is 5.25. The van der Waals surface area contributed by atoms with Crippen molar-refractivity contribution < 1.29 is 13.2 Å². The molecule has 0 bridgehead atoms. The molecule has 0 radical (unpaired) electrons. The van der Waals surface area contributed by atoms with Crippen molar-refractivity contribution >= 4 is 10.0 Å². The van der Waals surface area contributed by atoms with Crippen LogP contribution in [0.5, 0.6) is 0 Å². The minimum absolute atomic E-state index is 0.0657. The lowest BCUT2D eigenvalue weighted by molar-refractivity contribution is 0.134. The molecule has 5 nitrogen and oxygen atoms in total. The Morgan fingerprint density at radius 2 is 2.27 bits per heavy atom. The van der Waals surface area contributed by atoms with Crippen molar-refractivity contribution in [1.82, 2.24) is 9.62 Å². The van der Waals surface area contributed by atoms with Gasteiger partial charge in [-0.1, -0.05) is 0 Å². The first-order valence-corrected chi connectivity index (χ1v) is 6.80. The lowest BCUT2D eigenvalue weighted by Crippen LogP contribution is -2.52. The number of ether oxygens (including phenoxy) is 1. The van der Waals surface area contributed by atoms with Gasteiger partial charge in [-0.15, -0.1) is 0 Å². The van der Waals surface area contributed by atoms with Crippen LogP contribution in [-0.2, 0) is 14.8 Å². The van der Waals surface area contributed by atoms with Gasteiger partial charge >= 0.3 is 0 Å². The minimum atomic E-state index is -3.16. The average Bonchev–Trinajstić information content (AvgIpc) is 2.17. The van der Waals surface area contributed by atoms with Crippen molar-refractivity contribution in [3.05, 3.63) is 0 Å². The highest BCUT2D eigenvalue weighted by atomic mass is 32.2. The second-order valence-electron chi connectivity index (χ2n) is 4.04. The van der Waals surface area contributed by atoms with Crippen LogP contribution in [0, 0.1) is 0 Å². The highest BCUT2D eigenvalue weighted by Gasteiger charge is 2.28. The molecule has 1 fully saturated rings. The predicted molar refractivity (Wildman–Crippen MR) is 59.3 cm³/mol. The molecule has 0 saturated carbocycles. The molecule has 2 atom stereocenters. The highest BCUT2D eigenvalue weighted by molar-refractivity contribution is 7.89. The first-order chi connectivity index (χ1) is 6.95. The van der Waals surface area contributed by atoms with Gasteiger partial charge in [0.15, 0.2) is 0 Å². The van der Waals surface area contributed by atoms with Crippen LogP contribution < -0.4 is 5.32 Å². The van der Waals surface area contributed by atoms with Crippen molar-refractivity contribution in [3.8, 4) is 0 Å². The van der Waals surface area contributed by atoms with Gasteiger partial charge in [0.05, 0.1) is 11.9 Å². The molecule has 0 aliphatic carbocycles. The molecular formula is C9H20N2O3S. The van der Waals surface area contributed by atoms with Crippen LogP contribution in [0.25, 0.3) is 0 Å². The maximum Gasteiger partial charge on any atom is 0.216 e. The third-order valence-corrected chi connectivity index (χ3v) is 4.58. The fourth-order valence-electron chi connectivity index (χ4n) is 1.62. The SMILES string of the molecule is COC(C)CS(=O)(=O)N1CCNC(C)C1. The molecule has 1 heterocycles. The smallest absolute Gasteiger partial charge is 0.216 e. The number of methoxy groups -OCH3 is 1. The predicted octanol–water partition coefficient (Wildman–Crippen LogP) is -0.355. The number of hydrogen-bond acceptors (Lipinski definition) is 4. The summed E-state index contributed by atoms with van der Waals surface area (Å²) in [5, 5.41) is 3.21. The Hall–Kier alpha value is -0.170. The lowest BCUT2D eigenvalue weighted by atomic mass is 10.3. The number of nitrogens with zero attached hydrogens (tertiary/aromatic N) is 1. The van der Waals surface area contributed by atoms with Gasteiger partial charge in [-0.3, -0.25) is 0 Å². The molecule has 0 spiro atoms. The Kier molecular flexibility index (Phi) is 4.51. The largest absolute Gasteiger partial charge is 0.381 e. The summed E-state index contributed by atoms with van der Waals surface area (Å²) >= 11 is 0. The van der Waals surface area contributed by atoms with E-state index in [0.717, 1.165) is 6.54 Å². The number of sulfonamides is 1. The van der Waals surface area contributed by atoms with Crippen molar-refractivity contribution in [2.24, 2.45) is 0 Å². The Balaban J connectivity index is 2.60. The zero-order valence-electron chi connectivity index (χ0n) is 9.56. The van der Waals surface area contributed by atoms with Crippen molar-refractivity contribution in [3.63, 3.8) is 0 Å². The Bertz CT molecular complexity index is 292. The molecule has 1 aliphatic rings. The monoisotopic (exact) mass is 236 g/mol. The first-order valence-electron chi connectivity index (χ1n) is 5.19. The van der Waals surface area contributed by atoms with Gasteiger partial charge in [0.25, 0.3) is 0 Å². The van der Waals surface area contributed by atoms with Crippen LogP contribution >= 0.6 is 0 Å². The van der Waals surface area contributed by atoms with Crippen molar-refractivity contribution in [1.29, 1.82) is 0 Å². The van der Waals surface area contributed by atoms with Gasteiger partial charge in [-0.05, 0) is 13.8 Å². The van der Waals surface area contributed by atoms with E-state index in [-0.39, 0.29) is 17.9 Å². The van der Waals surface area contributed by atoms with Gasteiger partial charge in [-0.2, -0.15) is 4.31 Å². The van der Waals surface area contributed by atoms with Crippen LogP contribution in [0.15, 0.2) is 0 Å². The standard InChI is InChI=1S/C9H20N2O3S/c1-8-6-11(5-4-10-8)15(12,13)7-9(2)14-3/h8-10H,4-7H2,1-3H3. The van der Waals surface area contributed by atoms with E-state index >= 15 is 0 Å². The van der Waals surface area contributed by atoms with Gasteiger partial charge in [0.1, 0.15) is 0 Å². The van der Waals surface area contributed by atoms with E-state index in [1.807, 2.05) is 6.92 Å². The molecule has 0 amide bonds. The number of rotatable bonds is 4. The van der Waals surface area contributed by atoms with E-state index in [1.54, 1.807) is 11.2 Å². The number of hydrogen-bond donors (Lipinski definition) is 1. The summed E-state index contributed by atoms with van der Waals surface area (Å²) in [5.74, 6) is 0.0657. The van der Waals surface area contributed by atoms with Crippen LogP contribution in [0.1, 0.15) is 13.8 Å². The van der Waals surface area contributed by atoms with Gasteiger partial charge < -0.3 is 10.1 Å². The van der Waals surface area contributed by atoms with Crippen molar-refractivity contribution in [2.75, 3.05) is 32.5 Å². The molecule has 2 unspecified atom stereocenters. The first kappa shape index (κ1) is 12.9. The summed E-state index contributed by atoms with van der Waals surface area (Å²) < 4.78 is 30.4. The molecule has 0 aromatic heterocycles. The topological polar surface area (TPSA) is 58.6 Å². The van der Waals surface area contributed by atoms with Crippen LogP contribution in [-0.4, -0.2) is 57.4 Å². The fraction of sp³-hybridized carbons (Fsp3) is 1.00. The molecular weight excluding hydrogens is 216 g/mol. The molecule has 90 valence electrons. The van der Waals surface area contributed by atoms with Gasteiger partial charge in [-0.25, -0.2) is 8.42 Å². The van der Waals surface area contributed by atoms with E-state index in [4.69, 9.17) is 4.74 Å². The summed E-state index contributed by atoms with van der Waals surface area (Å²) in [6.45, 7) is 5.59. The zero-order chi connectivity index (χ0) is 11.5. The van der Waals surface area contributed by atoms with Crippen LogP contribution in [0.4, 0.5) is 0 Å². The minimum Gasteiger partial charge on any atom is -0.381 e. The lowest BCUT2D eigenvalue weighted by Gasteiger charge is -2.31. The summed E-state index contributed by atoms with van der Waals surface area (Å²) in [6.07, 6.45) is -0.250. The zero-order valence-corrected chi connectivity index (χ0v) is 10.4. The number of piperazine rings is 1. The van der Waals surface area contributed by atoms with Crippen LogP contribution in [0.3, 0.4) is 0 Å². The Morgan fingerprint density at radius 1 is 1.60 bits per heavy atom. The average molecular weight is 236 g/mol. The molecule has 1 saturated heterocycles. The molecule has 0 aromatic carbocycles. The molecule has 0 aromatic rings. The van der Waals surface area contributed by atoms with E-state index < -0.39 is 10.0 Å². The molecule has 1 N–H and O–H groups in total. The fourth-order valence-corrected chi connectivity index (χ4v) is 3.38. The van der Waals surface area contributed by atoms with E-state index in [1.165, 1.54) is 7.11 Å². The van der Waals surface area contributed by atoms with Crippen molar-refractivity contribution in [2.45, 2.75) is 26.0 Å². The maximum absolute atomic E-state index is 11.9. The third-order valence-electron chi connectivity index (χ3n) is 2.57. The quantitative estimate of drug-likeness (QED) is 0.724. The maximum atomic E-state index is 11.9.